The molecule has 0 unspecified atom stereocenters. The van der Waals surface area contributed by atoms with Crippen LogP contribution >= 0.6 is 11.6 Å². The fourth-order valence-electron chi connectivity index (χ4n) is 2.05. The summed E-state index contributed by atoms with van der Waals surface area (Å²) in [6, 6.07) is 9.57. The van der Waals surface area contributed by atoms with Crippen LogP contribution in [0.1, 0.15) is 11.1 Å². The van der Waals surface area contributed by atoms with Gasteiger partial charge in [-0.15, -0.1) is 0 Å². The number of hydrogen-bond donors (Lipinski definition) is 0. The van der Waals surface area contributed by atoms with Crippen LogP contribution in [-0.2, 0) is 16.1 Å². The van der Waals surface area contributed by atoms with E-state index in [0.29, 0.717) is 11.5 Å². The maximum atomic E-state index is 13.6. The third kappa shape index (κ3) is 3.63. The number of ether oxygens (including phenoxy) is 3. The molecule has 0 aliphatic carbocycles. The van der Waals surface area contributed by atoms with E-state index in [0.717, 1.165) is 11.6 Å². The van der Waals surface area contributed by atoms with E-state index in [-0.39, 0.29) is 24.0 Å². The summed E-state index contributed by atoms with van der Waals surface area (Å²) in [5.41, 5.74) is 0.911. The van der Waals surface area contributed by atoms with Gasteiger partial charge in [-0.3, -0.25) is 0 Å². The molecule has 1 aliphatic heterocycles. The second-order valence-corrected chi connectivity index (χ2v) is 5.17. The van der Waals surface area contributed by atoms with E-state index >= 15 is 0 Å². The fraction of sp³-hybridized carbons (Fsp3) is 0.118. The highest BCUT2D eigenvalue weighted by Gasteiger charge is 2.13. The number of esters is 1. The van der Waals surface area contributed by atoms with Gasteiger partial charge in [-0.2, -0.15) is 0 Å². The molecular formula is C17H12ClFO4. The molecule has 0 aromatic heterocycles. The molecule has 0 saturated heterocycles. The molecule has 0 spiro atoms. The maximum Gasteiger partial charge on any atom is 0.331 e. The molecule has 118 valence electrons. The zero-order valence-electron chi connectivity index (χ0n) is 11.9. The lowest BCUT2D eigenvalue weighted by Crippen LogP contribution is -2.01. The average Bonchev–Trinajstić information content (AvgIpc) is 3.00. The first-order valence-corrected chi connectivity index (χ1v) is 7.18. The summed E-state index contributed by atoms with van der Waals surface area (Å²) in [6.07, 6.45) is 2.43. The van der Waals surface area contributed by atoms with Crippen LogP contribution in [0.2, 0.25) is 5.02 Å². The highest BCUT2D eigenvalue weighted by atomic mass is 35.5. The van der Waals surface area contributed by atoms with Crippen LogP contribution in [0, 0.1) is 5.82 Å². The van der Waals surface area contributed by atoms with Gasteiger partial charge in [0, 0.05) is 11.6 Å². The largest absolute Gasteiger partial charge is 0.458 e. The van der Waals surface area contributed by atoms with Gasteiger partial charge in [-0.05, 0) is 35.9 Å². The highest BCUT2D eigenvalue weighted by Crippen LogP contribution is 2.32. The van der Waals surface area contributed by atoms with Gasteiger partial charge in [0.05, 0.1) is 5.02 Å². The van der Waals surface area contributed by atoms with Crippen LogP contribution in [0.3, 0.4) is 0 Å². The summed E-state index contributed by atoms with van der Waals surface area (Å²) in [5.74, 6) is 0.181. The van der Waals surface area contributed by atoms with Gasteiger partial charge >= 0.3 is 5.97 Å². The molecule has 1 aliphatic rings. The van der Waals surface area contributed by atoms with Gasteiger partial charge in [0.2, 0.25) is 6.79 Å². The van der Waals surface area contributed by atoms with Crippen LogP contribution in [0.15, 0.2) is 42.5 Å². The van der Waals surface area contributed by atoms with E-state index in [9.17, 15) is 9.18 Å². The van der Waals surface area contributed by atoms with Gasteiger partial charge in [0.1, 0.15) is 12.4 Å². The monoisotopic (exact) mass is 334 g/mol. The van der Waals surface area contributed by atoms with Crippen LogP contribution in [0.25, 0.3) is 6.08 Å². The lowest BCUT2D eigenvalue weighted by Gasteiger charge is -2.04. The van der Waals surface area contributed by atoms with E-state index in [1.165, 1.54) is 18.2 Å². The van der Waals surface area contributed by atoms with Crippen LogP contribution in [0.4, 0.5) is 4.39 Å². The molecule has 0 radical (unpaired) electrons. The second kappa shape index (κ2) is 6.71. The normalized spacial score (nSPS) is 12.6. The lowest BCUT2D eigenvalue weighted by molar-refractivity contribution is -0.138. The van der Waals surface area contributed by atoms with E-state index in [2.05, 4.69) is 0 Å². The third-order valence-electron chi connectivity index (χ3n) is 3.20. The maximum absolute atomic E-state index is 13.6. The van der Waals surface area contributed by atoms with Crippen molar-refractivity contribution in [1.29, 1.82) is 0 Å². The van der Waals surface area contributed by atoms with Crippen molar-refractivity contribution in [2.75, 3.05) is 6.79 Å². The Balaban J connectivity index is 1.60. The van der Waals surface area contributed by atoms with Crippen molar-refractivity contribution in [3.63, 3.8) is 0 Å². The SMILES string of the molecule is O=C(/C=C/c1c(F)cccc1Cl)OCc1ccc2c(c1)OCO2. The van der Waals surface area contributed by atoms with E-state index in [4.69, 9.17) is 25.8 Å². The Morgan fingerprint density at radius 1 is 1.26 bits per heavy atom. The molecule has 6 heteroatoms. The molecule has 0 fully saturated rings. The summed E-state index contributed by atoms with van der Waals surface area (Å²) in [4.78, 5) is 11.7. The Labute approximate surface area is 137 Å². The molecule has 1 heterocycles. The third-order valence-corrected chi connectivity index (χ3v) is 3.53. The van der Waals surface area contributed by atoms with Crippen molar-refractivity contribution in [3.05, 3.63) is 64.4 Å². The Morgan fingerprint density at radius 3 is 2.91 bits per heavy atom. The Morgan fingerprint density at radius 2 is 2.09 bits per heavy atom. The fourth-order valence-corrected chi connectivity index (χ4v) is 2.28. The van der Waals surface area contributed by atoms with Gasteiger partial charge < -0.3 is 14.2 Å². The van der Waals surface area contributed by atoms with Crippen molar-refractivity contribution in [2.24, 2.45) is 0 Å². The minimum absolute atomic E-state index is 0.0742. The van der Waals surface area contributed by atoms with E-state index in [1.54, 1.807) is 24.3 Å². The summed E-state index contributed by atoms with van der Waals surface area (Å²) in [5, 5.41) is 0.227. The van der Waals surface area contributed by atoms with Gasteiger partial charge in [-0.25, -0.2) is 9.18 Å². The molecule has 0 bridgehead atoms. The molecule has 2 aromatic carbocycles. The van der Waals surface area contributed by atoms with Crippen LogP contribution in [-0.4, -0.2) is 12.8 Å². The first kappa shape index (κ1) is 15.4. The number of hydrogen-bond acceptors (Lipinski definition) is 4. The first-order chi connectivity index (χ1) is 11.1. The van der Waals surface area contributed by atoms with Crippen LogP contribution in [0.5, 0.6) is 11.5 Å². The number of carbonyl (C=O) groups is 1. The number of benzene rings is 2. The van der Waals surface area contributed by atoms with E-state index in [1.807, 2.05) is 0 Å². The standard InChI is InChI=1S/C17H12ClFO4/c18-13-2-1-3-14(19)12(13)5-7-17(20)21-9-11-4-6-15-16(8-11)23-10-22-15/h1-8H,9-10H2/b7-5+. The zero-order valence-corrected chi connectivity index (χ0v) is 12.7. The predicted octanol–water partition coefficient (Wildman–Crippen LogP) is 3.96. The summed E-state index contributed by atoms with van der Waals surface area (Å²) in [6.45, 7) is 0.259. The number of rotatable bonds is 4. The Kier molecular flexibility index (Phi) is 4.48. The van der Waals surface area contributed by atoms with Crippen molar-refractivity contribution in [3.8, 4) is 11.5 Å². The van der Waals surface area contributed by atoms with Crippen LogP contribution < -0.4 is 9.47 Å². The van der Waals surface area contributed by atoms with E-state index < -0.39 is 11.8 Å². The topological polar surface area (TPSA) is 44.8 Å². The summed E-state index contributed by atoms with van der Waals surface area (Å²) < 4.78 is 29.1. The lowest BCUT2D eigenvalue weighted by atomic mass is 10.2. The molecule has 3 rings (SSSR count). The highest BCUT2D eigenvalue weighted by molar-refractivity contribution is 6.32. The molecule has 4 nitrogen and oxygen atoms in total. The number of fused-ring (bicyclic) bond motifs is 1. The molecule has 23 heavy (non-hydrogen) atoms. The summed E-state index contributed by atoms with van der Waals surface area (Å²) in [7, 11) is 0. The number of halogens is 2. The number of carbonyl (C=O) groups excluding carboxylic acids is 1. The van der Waals surface area contributed by atoms with Crippen molar-refractivity contribution >= 4 is 23.6 Å². The van der Waals surface area contributed by atoms with Crippen molar-refractivity contribution < 1.29 is 23.4 Å². The molecule has 0 N–H and O–H groups in total. The Bertz CT molecular complexity index is 753. The molecule has 0 atom stereocenters. The smallest absolute Gasteiger partial charge is 0.331 e. The predicted molar refractivity (Wildman–Crippen MR) is 82.8 cm³/mol. The molecule has 0 amide bonds. The molecule has 0 saturated carbocycles. The van der Waals surface area contributed by atoms with Crippen molar-refractivity contribution in [2.45, 2.75) is 6.61 Å². The first-order valence-electron chi connectivity index (χ1n) is 6.81. The second-order valence-electron chi connectivity index (χ2n) is 4.76. The minimum Gasteiger partial charge on any atom is -0.458 e. The zero-order chi connectivity index (χ0) is 16.2. The quantitative estimate of drug-likeness (QED) is 0.627. The van der Waals surface area contributed by atoms with Crippen molar-refractivity contribution in [1.82, 2.24) is 0 Å². The van der Waals surface area contributed by atoms with Gasteiger partial charge in [-0.1, -0.05) is 23.7 Å². The Hall–Kier alpha value is -2.53. The minimum atomic E-state index is -0.595. The summed E-state index contributed by atoms with van der Waals surface area (Å²) >= 11 is 5.87. The molecule has 2 aromatic rings. The van der Waals surface area contributed by atoms with Gasteiger partial charge in [0.25, 0.3) is 0 Å². The van der Waals surface area contributed by atoms with Gasteiger partial charge in [0.15, 0.2) is 11.5 Å². The molecular weight excluding hydrogens is 323 g/mol. The average molecular weight is 335 g/mol.